The number of carbonyl (C=O) groups excluding carboxylic acids is 2. The van der Waals surface area contributed by atoms with Crippen molar-refractivity contribution in [1.29, 1.82) is 0 Å². The number of likely N-dealkylation sites (N-methyl/N-ethyl adjacent to an activating group) is 1. The molecular formula is C21H23N3O2S. The summed E-state index contributed by atoms with van der Waals surface area (Å²) in [5, 5.41) is 2.75. The van der Waals surface area contributed by atoms with Crippen LogP contribution < -0.4 is 5.32 Å². The molecule has 140 valence electrons. The van der Waals surface area contributed by atoms with Gasteiger partial charge in [0.05, 0.1) is 0 Å². The number of hydrogen-bond donors (Lipinski definition) is 1. The molecule has 2 aromatic rings. The van der Waals surface area contributed by atoms with Crippen LogP contribution >= 0.6 is 12.2 Å². The number of aromatic nitrogens is 1. The second-order valence-corrected chi connectivity index (χ2v) is 7.13. The van der Waals surface area contributed by atoms with Crippen molar-refractivity contribution in [3.63, 3.8) is 0 Å². The van der Waals surface area contributed by atoms with Crippen molar-refractivity contribution >= 4 is 35.2 Å². The Kier molecular flexibility index (Phi) is 5.02. The fourth-order valence-electron chi connectivity index (χ4n) is 3.42. The van der Waals surface area contributed by atoms with E-state index in [9.17, 15) is 9.59 Å². The summed E-state index contributed by atoms with van der Waals surface area (Å²) in [5.74, 6) is -0.811. The zero-order valence-electron chi connectivity index (χ0n) is 16.2. The normalized spacial score (nSPS) is 16.3. The van der Waals surface area contributed by atoms with E-state index in [1.54, 1.807) is 6.08 Å². The molecular weight excluding hydrogens is 358 g/mol. The SMILES string of the molecule is CCN1C(=O)/C(=C/c2cc(C)n(-c3cccc(C)c3C)c2C)C(=O)NC1=S. The molecule has 0 radical (unpaired) electrons. The molecule has 6 heteroatoms. The lowest BCUT2D eigenvalue weighted by Crippen LogP contribution is -2.53. The number of nitrogens with zero attached hydrogens (tertiary/aromatic N) is 2. The quantitative estimate of drug-likeness (QED) is 0.504. The van der Waals surface area contributed by atoms with E-state index < -0.39 is 5.91 Å². The van der Waals surface area contributed by atoms with Gasteiger partial charge in [-0.3, -0.25) is 19.8 Å². The van der Waals surface area contributed by atoms with Gasteiger partial charge in [-0.1, -0.05) is 12.1 Å². The second-order valence-electron chi connectivity index (χ2n) is 6.75. The minimum atomic E-state index is -0.453. The van der Waals surface area contributed by atoms with Crippen molar-refractivity contribution < 1.29 is 9.59 Å². The van der Waals surface area contributed by atoms with Crippen LogP contribution in [0.5, 0.6) is 0 Å². The first-order valence-electron chi connectivity index (χ1n) is 8.90. The maximum atomic E-state index is 12.7. The van der Waals surface area contributed by atoms with E-state index in [0.29, 0.717) is 6.54 Å². The van der Waals surface area contributed by atoms with E-state index in [1.165, 1.54) is 16.0 Å². The molecule has 5 nitrogen and oxygen atoms in total. The van der Waals surface area contributed by atoms with Gasteiger partial charge in [-0.15, -0.1) is 0 Å². The largest absolute Gasteiger partial charge is 0.318 e. The molecule has 1 aromatic heterocycles. The Morgan fingerprint density at radius 1 is 1.15 bits per heavy atom. The molecule has 1 aliphatic heterocycles. The minimum absolute atomic E-state index is 0.103. The fourth-order valence-corrected chi connectivity index (χ4v) is 3.72. The van der Waals surface area contributed by atoms with Gasteiger partial charge in [-0.05, 0) is 81.7 Å². The predicted octanol–water partition coefficient (Wildman–Crippen LogP) is 3.36. The molecule has 1 saturated heterocycles. The number of benzene rings is 1. The van der Waals surface area contributed by atoms with Gasteiger partial charge < -0.3 is 4.57 Å². The van der Waals surface area contributed by atoms with Gasteiger partial charge in [0.1, 0.15) is 5.57 Å². The van der Waals surface area contributed by atoms with E-state index in [2.05, 4.69) is 35.9 Å². The van der Waals surface area contributed by atoms with Gasteiger partial charge in [0.15, 0.2) is 5.11 Å². The Morgan fingerprint density at radius 3 is 2.52 bits per heavy atom. The average Bonchev–Trinajstić information content (AvgIpc) is 2.88. The number of hydrogen-bond acceptors (Lipinski definition) is 3. The first-order chi connectivity index (χ1) is 12.8. The number of carbonyl (C=O) groups is 2. The number of thiocarbonyl (C=S) groups is 1. The molecule has 0 atom stereocenters. The molecule has 0 bridgehead atoms. The fraction of sp³-hybridized carbons (Fsp3) is 0.286. The summed E-state index contributed by atoms with van der Waals surface area (Å²) in [6, 6.07) is 8.19. The van der Waals surface area contributed by atoms with Crippen LogP contribution in [0.1, 0.15) is 35.0 Å². The molecule has 2 heterocycles. The van der Waals surface area contributed by atoms with Gasteiger partial charge in [-0.2, -0.15) is 0 Å². The molecule has 2 amide bonds. The summed E-state index contributed by atoms with van der Waals surface area (Å²) < 4.78 is 2.15. The standard InChI is InChI=1S/C21H23N3O2S/c1-6-23-20(26)17(19(25)22-21(23)27)11-16-10-13(3)24(15(16)5)18-9-7-8-12(2)14(18)4/h7-11H,6H2,1-5H3,(H,22,25,27)/b17-11+. The Morgan fingerprint density at radius 2 is 1.85 bits per heavy atom. The van der Waals surface area contributed by atoms with Crippen molar-refractivity contribution in [2.45, 2.75) is 34.6 Å². The first-order valence-corrected chi connectivity index (χ1v) is 9.31. The molecule has 1 fully saturated rings. The van der Waals surface area contributed by atoms with E-state index in [1.807, 2.05) is 32.9 Å². The van der Waals surface area contributed by atoms with E-state index in [0.717, 1.165) is 22.6 Å². The summed E-state index contributed by atoms with van der Waals surface area (Å²) in [7, 11) is 0. The lowest BCUT2D eigenvalue weighted by Gasteiger charge is -2.27. The van der Waals surface area contributed by atoms with Crippen LogP contribution in [0.2, 0.25) is 0 Å². The third-order valence-corrected chi connectivity index (χ3v) is 5.41. The highest BCUT2D eigenvalue weighted by molar-refractivity contribution is 7.80. The van der Waals surface area contributed by atoms with Crippen molar-refractivity contribution in [2.24, 2.45) is 0 Å². The number of nitrogens with one attached hydrogen (secondary N) is 1. The number of amides is 2. The van der Waals surface area contributed by atoms with Crippen molar-refractivity contribution in [3.05, 3.63) is 57.9 Å². The highest BCUT2D eigenvalue weighted by atomic mass is 32.1. The zero-order valence-corrected chi connectivity index (χ0v) is 17.0. The number of aryl methyl sites for hydroxylation is 2. The first kappa shape index (κ1) is 19.0. The van der Waals surface area contributed by atoms with Crippen molar-refractivity contribution in [3.8, 4) is 5.69 Å². The lowest BCUT2D eigenvalue weighted by molar-refractivity contribution is -0.128. The van der Waals surface area contributed by atoms with E-state index >= 15 is 0 Å². The van der Waals surface area contributed by atoms with Gasteiger partial charge in [0.25, 0.3) is 11.8 Å². The molecule has 1 aliphatic rings. The molecule has 0 unspecified atom stereocenters. The summed E-state index contributed by atoms with van der Waals surface area (Å²) in [6.45, 7) is 10.4. The molecule has 1 aromatic carbocycles. The smallest absolute Gasteiger partial charge is 0.265 e. The van der Waals surface area contributed by atoms with Crippen LogP contribution in [-0.4, -0.2) is 32.9 Å². The highest BCUT2D eigenvalue weighted by Crippen LogP contribution is 2.27. The Balaban J connectivity index is 2.11. The summed E-state index contributed by atoms with van der Waals surface area (Å²) in [4.78, 5) is 26.4. The molecule has 27 heavy (non-hydrogen) atoms. The Bertz CT molecular complexity index is 1000. The maximum Gasteiger partial charge on any atom is 0.265 e. The third kappa shape index (κ3) is 3.21. The van der Waals surface area contributed by atoms with Crippen LogP contribution in [-0.2, 0) is 9.59 Å². The monoisotopic (exact) mass is 381 g/mol. The minimum Gasteiger partial charge on any atom is -0.318 e. The van der Waals surface area contributed by atoms with Crippen LogP contribution in [0.3, 0.4) is 0 Å². The van der Waals surface area contributed by atoms with Crippen LogP contribution in [0.15, 0.2) is 29.8 Å². The van der Waals surface area contributed by atoms with Crippen molar-refractivity contribution in [2.75, 3.05) is 6.54 Å². The van der Waals surface area contributed by atoms with Gasteiger partial charge in [-0.25, -0.2) is 0 Å². The summed E-state index contributed by atoms with van der Waals surface area (Å²) in [5.41, 5.74) is 6.49. The molecule has 3 rings (SSSR count). The third-order valence-electron chi connectivity index (χ3n) is 5.09. The summed E-state index contributed by atoms with van der Waals surface area (Å²) in [6.07, 6.45) is 1.66. The highest BCUT2D eigenvalue weighted by Gasteiger charge is 2.32. The van der Waals surface area contributed by atoms with E-state index in [4.69, 9.17) is 12.2 Å². The Labute approximate surface area is 164 Å². The zero-order chi connectivity index (χ0) is 19.9. The molecule has 0 aliphatic carbocycles. The van der Waals surface area contributed by atoms with Crippen LogP contribution in [0.4, 0.5) is 0 Å². The van der Waals surface area contributed by atoms with Crippen LogP contribution in [0.25, 0.3) is 11.8 Å². The van der Waals surface area contributed by atoms with Crippen LogP contribution in [0, 0.1) is 27.7 Å². The van der Waals surface area contributed by atoms with Crippen molar-refractivity contribution in [1.82, 2.24) is 14.8 Å². The van der Waals surface area contributed by atoms with Gasteiger partial charge in [0.2, 0.25) is 0 Å². The van der Waals surface area contributed by atoms with E-state index in [-0.39, 0.29) is 16.6 Å². The Hall–Kier alpha value is -2.73. The maximum absolute atomic E-state index is 12.7. The second kappa shape index (κ2) is 7.12. The summed E-state index contributed by atoms with van der Waals surface area (Å²) >= 11 is 5.08. The predicted molar refractivity (Wildman–Crippen MR) is 111 cm³/mol. The van der Waals surface area contributed by atoms with Gasteiger partial charge >= 0.3 is 0 Å². The topological polar surface area (TPSA) is 54.3 Å². The van der Waals surface area contributed by atoms with Gasteiger partial charge in [0, 0.05) is 23.6 Å². The molecule has 0 spiro atoms. The molecule has 0 saturated carbocycles. The number of rotatable bonds is 3. The lowest BCUT2D eigenvalue weighted by atomic mass is 10.1. The molecule has 1 N–H and O–H groups in total. The average molecular weight is 382 g/mol.